The van der Waals surface area contributed by atoms with Gasteiger partial charge in [-0.1, -0.05) is 24.6 Å². The Hall–Kier alpha value is -2.42. The van der Waals surface area contributed by atoms with Crippen molar-refractivity contribution in [1.29, 1.82) is 0 Å². The summed E-state index contributed by atoms with van der Waals surface area (Å²) in [4.78, 5) is 25.4. The number of nitrogens with two attached hydrogens (primary N) is 1. The van der Waals surface area contributed by atoms with Gasteiger partial charge in [0.05, 0.1) is 12.3 Å². The molecule has 3 rings (SSSR count). The molecule has 2 heterocycles. The topological polar surface area (TPSA) is 116 Å². The Morgan fingerprint density at radius 3 is 2.93 bits per heavy atom. The molecule has 6 N–H and O–H groups in total. The first kappa shape index (κ1) is 19.3. The standard InChI is InChI=1S/C19H24N4O3S/c20-19(26)23-15-9-16(13-5-3-4-12(8-13)11-24)27-17(15)18(25)22-14-6-1-2-7-21-10-14/h3-5,8-9,14,21,24H,1-2,6-7,10-11H2,(H,22,25)(H3,20,23,26)/t14-/m0/s1. The van der Waals surface area contributed by atoms with Gasteiger partial charge in [-0.2, -0.15) is 0 Å². The molecule has 1 aromatic carbocycles. The number of carbonyl (C=O) groups is 2. The molecule has 27 heavy (non-hydrogen) atoms. The van der Waals surface area contributed by atoms with Crippen molar-refractivity contribution in [3.8, 4) is 10.4 Å². The second-order valence-corrected chi connectivity index (χ2v) is 7.62. The van der Waals surface area contributed by atoms with Gasteiger partial charge in [0, 0.05) is 17.5 Å². The number of anilines is 1. The highest BCUT2D eigenvalue weighted by molar-refractivity contribution is 7.18. The minimum Gasteiger partial charge on any atom is -0.392 e. The van der Waals surface area contributed by atoms with Crippen molar-refractivity contribution in [2.24, 2.45) is 5.73 Å². The van der Waals surface area contributed by atoms with Crippen LogP contribution in [-0.2, 0) is 6.61 Å². The molecule has 0 radical (unpaired) electrons. The molecule has 2 aromatic rings. The predicted molar refractivity (Wildman–Crippen MR) is 107 cm³/mol. The van der Waals surface area contributed by atoms with Gasteiger partial charge in [0.1, 0.15) is 4.88 Å². The quantitative estimate of drug-likeness (QED) is 0.540. The number of carbonyl (C=O) groups excluding carboxylic acids is 2. The maximum atomic E-state index is 12.8. The van der Waals surface area contributed by atoms with E-state index >= 15 is 0 Å². The predicted octanol–water partition coefficient (Wildman–Crippen LogP) is 2.27. The molecule has 8 heteroatoms. The minimum atomic E-state index is -0.714. The number of rotatable bonds is 5. The maximum absolute atomic E-state index is 12.8. The van der Waals surface area contributed by atoms with Crippen LogP contribution in [0, 0.1) is 0 Å². The van der Waals surface area contributed by atoms with Crippen LogP contribution in [0.5, 0.6) is 0 Å². The summed E-state index contributed by atoms with van der Waals surface area (Å²) in [5.41, 5.74) is 7.32. The molecule has 1 aliphatic heterocycles. The summed E-state index contributed by atoms with van der Waals surface area (Å²) in [7, 11) is 0. The molecule has 0 saturated carbocycles. The van der Waals surface area contributed by atoms with Crippen LogP contribution in [0.1, 0.15) is 34.5 Å². The first-order valence-corrected chi connectivity index (χ1v) is 9.80. The van der Waals surface area contributed by atoms with Crippen LogP contribution in [0.25, 0.3) is 10.4 Å². The highest BCUT2D eigenvalue weighted by atomic mass is 32.1. The lowest BCUT2D eigenvalue weighted by molar-refractivity contribution is 0.0940. The maximum Gasteiger partial charge on any atom is 0.316 e. The lowest BCUT2D eigenvalue weighted by Gasteiger charge is -2.16. The second-order valence-electron chi connectivity index (χ2n) is 6.57. The molecule has 1 fully saturated rings. The van der Waals surface area contributed by atoms with Crippen LogP contribution in [-0.4, -0.2) is 36.2 Å². The first-order chi connectivity index (χ1) is 13.1. The Labute approximate surface area is 162 Å². The lowest BCUT2D eigenvalue weighted by atomic mass is 10.1. The summed E-state index contributed by atoms with van der Waals surface area (Å²) in [6, 6.07) is 8.52. The second kappa shape index (κ2) is 8.98. The third kappa shape index (κ3) is 5.06. The van der Waals surface area contributed by atoms with E-state index in [9.17, 15) is 14.7 Å². The monoisotopic (exact) mass is 388 g/mol. The number of hydrogen-bond donors (Lipinski definition) is 5. The molecule has 0 unspecified atom stereocenters. The van der Waals surface area contributed by atoms with E-state index in [0.717, 1.165) is 48.4 Å². The molecule has 144 valence electrons. The molecule has 1 aliphatic rings. The molecule has 1 atom stereocenters. The largest absolute Gasteiger partial charge is 0.392 e. The van der Waals surface area contributed by atoms with Crippen LogP contribution >= 0.6 is 11.3 Å². The van der Waals surface area contributed by atoms with Gasteiger partial charge in [-0.25, -0.2) is 4.79 Å². The zero-order chi connectivity index (χ0) is 19.2. The van der Waals surface area contributed by atoms with Gasteiger partial charge in [0.25, 0.3) is 5.91 Å². The van der Waals surface area contributed by atoms with E-state index in [1.807, 2.05) is 24.3 Å². The molecular formula is C19H24N4O3S. The lowest BCUT2D eigenvalue weighted by Crippen LogP contribution is -2.40. The van der Waals surface area contributed by atoms with E-state index in [1.165, 1.54) is 11.3 Å². The number of aliphatic hydroxyl groups excluding tert-OH is 1. The Kier molecular flexibility index (Phi) is 6.44. The van der Waals surface area contributed by atoms with Crippen molar-refractivity contribution in [2.45, 2.75) is 31.9 Å². The van der Waals surface area contributed by atoms with E-state index < -0.39 is 6.03 Å². The Balaban J connectivity index is 1.86. The normalized spacial score (nSPS) is 17.1. The van der Waals surface area contributed by atoms with Crippen LogP contribution in [0.2, 0.25) is 0 Å². The van der Waals surface area contributed by atoms with Crippen molar-refractivity contribution in [3.63, 3.8) is 0 Å². The molecule has 1 aromatic heterocycles. The fourth-order valence-electron chi connectivity index (χ4n) is 3.14. The first-order valence-electron chi connectivity index (χ1n) is 8.99. The summed E-state index contributed by atoms with van der Waals surface area (Å²) >= 11 is 1.29. The Bertz CT molecular complexity index is 813. The van der Waals surface area contributed by atoms with Crippen molar-refractivity contribution < 1.29 is 14.7 Å². The zero-order valence-electron chi connectivity index (χ0n) is 15.0. The summed E-state index contributed by atoms with van der Waals surface area (Å²) in [5, 5.41) is 18.3. The van der Waals surface area contributed by atoms with Crippen LogP contribution < -0.4 is 21.7 Å². The number of thiophene rings is 1. The third-order valence-electron chi connectivity index (χ3n) is 4.47. The van der Waals surface area contributed by atoms with E-state index in [2.05, 4.69) is 16.0 Å². The van der Waals surface area contributed by atoms with Gasteiger partial charge < -0.3 is 26.8 Å². The molecule has 0 bridgehead atoms. The van der Waals surface area contributed by atoms with E-state index in [0.29, 0.717) is 10.6 Å². The van der Waals surface area contributed by atoms with Gasteiger partial charge in [0.15, 0.2) is 0 Å². The highest BCUT2D eigenvalue weighted by Gasteiger charge is 2.21. The Morgan fingerprint density at radius 2 is 2.15 bits per heavy atom. The molecule has 0 aliphatic carbocycles. The van der Waals surface area contributed by atoms with Crippen molar-refractivity contribution in [2.75, 3.05) is 18.4 Å². The van der Waals surface area contributed by atoms with E-state index in [-0.39, 0.29) is 18.6 Å². The number of primary amides is 1. The fraction of sp³-hybridized carbons (Fsp3) is 0.368. The average molecular weight is 388 g/mol. The Morgan fingerprint density at radius 1 is 1.30 bits per heavy atom. The van der Waals surface area contributed by atoms with Gasteiger partial charge in [0.2, 0.25) is 0 Å². The van der Waals surface area contributed by atoms with Crippen molar-refractivity contribution in [1.82, 2.24) is 10.6 Å². The summed E-state index contributed by atoms with van der Waals surface area (Å²) in [6.07, 6.45) is 3.09. The molecular weight excluding hydrogens is 364 g/mol. The number of aliphatic hydroxyl groups is 1. The number of nitrogens with one attached hydrogen (secondary N) is 3. The third-order valence-corrected chi connectivity index (χ3v) is 5.66. The number of benzene rings is 1. The number of hydrogen-bond acceptors (Lipinski definition) is 5. The van der Waals surface area contributed by atoms with Crippen LogP contribution in [0.4, 0.5) is 10.5 Å². The SMILES string of the molecule is NC(=O)Nc1cc(-c2cccc(CO)c2)sc1C(=O)N[C@H]1CCCCNC1. The van der Waals surface area contributed by atoms with Gasteiger partial charge in [-0.3, -0.25) is 4.79 Å². The minimum absolute atomic E-state index is 0.0599. The van der Waals surface area contributed by atoms with Gasteiger partial charge in [-0.15, -0.1) is 11.3 Å². The van der Waals surface area contributed by atoms with Crippen molar-refractivity contribution >= 4 is 29.0 Å². The molecule has 0 spiro atoms. The van der Waals surface area contributed by atoms with Gasteiger partial charge >= 0.3 is 6.03 Å². The zero-order valence-corrected chi connectivity index (χ0v) is 15.8. The molecule has 3 amide bonds. The highest BCUT2D eigenvalue weighted by Crippen LogP contribution is 2.35. The summed E-state index contributed by atoms with van der Waals surface area (Å²) in [6.45, 7) is 1.64. The van der Waals surface area contributed by atoms with E-state index in [1.54, 1.807) is 6.07 Å². The number of amides is 3. The van der Waals surface area contributed by atoms with Crippen LogP contribution in [0.15, 0.2) is 30.3 Å². The summed E-state index contributed by atoms with van der Waals surface area (Å²) in [5.74, 6) is -0.220. The average Bonchev–Trinajstić information content (AvgIpc) is 2.90. The van der Waals surface area contributed by atoms with Gasteiger partial charge in [-0.05, 0) is 42.6 Å². The van der Waals surface area contributed by atoms with E-state index in [4.69, 9.17) is 5.73 Å². The molecule has 7 nitrogen and oxygen atoms in total. The molecule has 1 saturated heterocycles. The van der Waals surface area contributed by atoms with Crippen LogP contribution in [0.3, 0.4) is 0 Å². The number of urea groups is 1. The smallest absolute Gasteiger partial charge is 0.316 e. The fourth-order valence-corrected chi connectivity index (χ4v) is 4.16. The summed E-state index contributed by atoms with van der Waals surface area (Å²) < 4.78 is 0. The van der Waals surface area contributed by atoms with Crippen molar-refractivity contribution in [3.05, 3.63) is 40.8 Å².